The first-order valence-corrected chi connectivity index (χ1v) is 6.96. The Hall–Kier alpha value is -0.480. The molecular weight excluding hydrogens is 196 g/mol. The van der Waals surface area contributed by atoms with Gasteiger partial charge in [-0.1, -0.05) is 50.9 Å². The van der Waals surface area contributed by atoms with Crippen LogP contribution in [0.4, 0.5) is 0 Å². The van der Waals surface area contributed by atoms with Crippen LogP contribution in [0.3, 0.4) is 0 Å². The maximum atomic E-state index is 10.4. The van der Waals surface area contributed by atoms with Gasteiger partial charge < -0.3 is 5.11 Å². The van der Waals surface area contributed by atoms with Crippen molar-refractivity contribution in [1.29, 1.82) is 0 Å². The highest BCUT2D eigenvalue weighted by Gasteiger charge is 2.49. The molecule has 2 rings (SSSR count). The molecular formula is C15H24O. The van der Waals surface area contributed by atoms with Crippen LogP contribution in [0.2, 0.25) is 0 Å². The third kappa shape index (κ3) is 2.80. The van der Waals surface area contributed by atoms with E-state index in [0.29, 0.717) is 5.92 Å². The zero-order valence-corrected chi connectivity index (χ0v) is 10.3. The molecule has 0 saturated heterocycles. The second kappa shape index (κ2) is 5.23. The van der Waals surface area contributed by atoms with Crippen LogP contribution in [0.25, 0.3) is 0 Å². The standard InChI is InChI=1S/C15H24O/c1-2-15(16)11-9-7-5-3-4-6-8-10-13-12-14(13)15/h1,13-14,16H,3-12H2/t13-,14+,15+/m1/s1. The van der Waals surface area contributed by atoms with Gasteiger partial charge in [0.15, 0.2) is 0 Å². The molecule has 0 aromatic rings. The van der Waals surface area contributed by atoms with E-state index in [9.17, 15) is 5.11 Å². The van der Waals surface area contributed by atoms with E-state index < -0.39 is 5.60 Å². The fraction of sp³-hybridized carbons (Fsp3) is 0.867. The molecule has 0 radical (unpaired) electrons. The maximum absolute atomic E-state index is 10.4. The predicted molar refractivity (Wildman–Crippen MR) is 66.9 cm³/mol. The van der Waals surface area contributed by atoms with E-state index in [-0.39, 0.29) is 0 Å². The number of rotatable bonds is 0. The van der Waals surface area contributed by atoms with Gasteiger partial charge in [-0.3, -0.25) is 0 Å². The number of terminal acetylenes is 1. The van der Waals surface area contributed by atoms with E-state index >= 15 is 0 Å². The summed E-state index contributed by atoms with van der Waals surface area (Å²) >= 11 is 0. The minimum Gasteiger partial charge on any atom is -0.377 e. The van der Waals surface area contributed by atoms with Crippen LogP contribution in [-0.4, -0.2) is 10.7 Å². The third-order valence-corrected chi connectivity index (χ3v) is 4.42. The fourth-order valence-electron chi connectivity index (χ4n) is 3.20. The SMILES string of the molecule is C#C[C@]1(O)CCCCCCCCC[C@@H]2C[C@@H]21. The van der Waals surface area contributed by atoms with Crippen molar-refractivity contribution in [3.8, 4) is 12.3 Å². The molecule has 0 aromatic heterocycles. The Kier molecular flexibility index (Phi) is 3.92. The Bertz CT molecular complexity index is 265. The molecule has 0 heterocycles. The van der Waals surface area contributed by atoms with Gasteiger partial charge in [0.25, 0.3) is 0 Å². The van der Waals surface area contributed by atoms with Gasteiger partial charge in [0, 0.05) is 5.92 Å². The summed E-state index contributed by atoms with van der Waals surface area (Å²) < 4.78 is 0. The molecule has 0 bridgehead atoms. The lowest BCUT2D eigenvalue weighted by Gasteiger charge is -2.23. The van der Waals surface area contributed by atoms with Crippen molar-refractivity contribution in [2.24, 2.45) is 11.8 Å². The molecule has 0 aromatic carbocycles. The average molecular weight is 220 g/mol. The minimum atomic E-state index is -0.774. The smallest absolute Gasteiger partial charge is 0.128 e. The molecule has 0 unspecified atom stereocenters. The summed E-state index contributed by atoms with van der Waals surface area (Å²) in [4.78, 5) is 0. The van der Waals surface area contributed by atoms with Crippen molar-refractivity contribution in [3.63, 3.8) is 0 Å². The molecule has 0 amide bonds. The van der Waals surface area contributed by atoms with Crippen LogP contribution in [0.5, 0.6) is 0 Å². The summed E-state index contributed by atoms with van der Waals surface area (Å²) in [6.07, 6.45) is 17.9. The van der Waals surface area contributed by atoms with Crippen molar-refractivity contribution >= 4 is 0 Å². The highest BCUT2D eigenvalue weighted by atomic mass is 16.3. The Morgan fingerprint density at radius 2 is 1.62 bits per heavy atom. The Morgan fingerprint density at radius 1 is 1.00 bits per heavy atom. The van der Waals surface area contributed by atoms with Crippen LogP contribution in [0.1, 0.15) is 64.2 Å². The highest BCUT2D eigenvalue weighted by molar-refractivity contribution is 5.16. The largest absolute Gasteiger partial charge is 0.377 e. The normalized spacial score (nSPS) is 41.0. The van der Waals surface area contributed by atoms with Crippen LogP contribution in [-0.2, 0) is 0 Å². The number of hydrogen-bond donors (Lipinski definition) is 1. The zero-order valence-electron chi connectivity index (χ0n) is 10.3. The molecule has 2 saturated carbocycles. The highest BCUT2D eigenvalue weighted by Crippen LogP contribution is 2.51. The van der Waals surface area contributed by atoms with Crippen molar-refractivity contribution in [3.05, 3.63) is 0 Å². The van der Waals surface area contributed by atoms with Gasteiger partial charge in [-0.15, -0.1) is 6.42 Å². The van der Waals surface area contributed by atoms with Gasteiger partial charge in [0.05, 0.1) is 0 Å². The molecule has 1 N–H and O–H groups in total. The summed E-state index contributed by atoms with van der Waals surface area (Å²) in [5.41, 5.74) is -0.774. The molecule has 2 fully saturated rings. The molecule has 2 aliphatic carbocycles. The van der Waals surface area contributed by atoms with Crippen molar-refractivity contribution in [1.82, 2.24) is 0 Å². The van der Waals surface area contributed by atoms with Gasteiger partial charge in [-0.05, 0) is 25.2 Å². The Balaban J connectivity index is 1.91. The lowest BCUT2D eigenvalue weighted by atomic mass is 9.89. The van der Waals surface area contributed by atoms with E-state index in [1.165, 1.54) is 51.4 Å². The summed E-state index contributed by atoms with van der Waals surface area (Å²) in [7, 11) is 0. The fourth-order valence-corrected chi connectivity index (χ4v) is 3.20. The quantitative estimate of drug-likeness (QED) is 0.619. The molecule has 90 valence electrons. The summed E-state index contributed by atoms with van der Waals surface area (Å²) in [5, 5.41) is 10.4. The lowest BCUT2D eigenvalue weighted by Crippen LogP contribution is -2.30. The molecule has 2 aliphatic rings. The van der Waals surface area contributed by atoms with Gasteiger partial charge in [-0.2, -0.15) is 0 Å². The number of fused-ring (bicyclic) bond motifs is 1. The molecule has 0 aliphatic heterocycles. The summed E-state index contributed by atoms with van der Waals surface area (Å²) in [6, 6.07) is 0. The van der Waals surface area contributed by atoms with E-state index in [1.54, 1.807) is 0 Å². The second-order valence-electron chi connectivity index (χ2n) is 5.68. The summed E-state index contributed by atoms with van der Waals surface area (Å²) in [5.74, 6) is 3.82. The Morgan fingerprint density at radius 3 is 2.31 bits per heavy atom. The van der Waals surface area contributed by atoms with Crippen LogP contribution >= 0.6 is 0 Å². The van der Waals surface area contributed by atoms with Crippen molar-refractivity contribution in [2.45, 2.75) is 69.8 Å². The van der Waals surface area contributed by atoms with Crippen LogP contribution in [0, 0.1) is 24.2 Å². The molecule has 1 heteroatoms. The van der Waals surface area contributed by atoms with Crippen molar-refractivity contribution in [2.75, 3.05) is 0 Å². The monoisotopic (exact) mass is 220 g/mol. The first-order valence-electron chi connectivity index (χ1n) is 6.96. The van der Waals surface area contributed by atoms with Gasteiger partial charge in [0.2, 0.25) is 0 Å². The second-order valence-corrected chi connectivity index (χ2v) is 5.68. The van der Waals surface area contributed by atoms with Crippen LogP contribution in [0.15, 0.2) is 0 Å². The van der Waals surface area contributed by atoms with E-state index in [0.717, 1.165) is 18.8 Å². The molecule has 16 heavy (non-hydrogen) atoms. The number of hydrogen-bond acceptors (Lipinski definition) is 1. The molecule has 3 atom stereocenters. The molecule has 1 nitrogen and oxygen atoms in total. The Labute approximate surface area is 99.6 Å². The topological polar surface area (TPSA) is 20.2 Å². The number of aliphatic hydroxyl groups is 1. The van der Waals surface area contributed by atoms with Gasteiger partial charge in [-0.25, -0.2) is 0 Å². The van der Waals surface area contributed by atoms with Crippen molar-refractivity contribution < 1.29 is 5.11 Å². The maximum Gasteiger partial charge on any atom is 0.128 e. The third-order valence-electron chi connectivity index (χ3n) is 4.42. The van der Waals surface area contributed by atoms with Gasteiger partial charge >= 0.3 is 0 Å². The minimum absolute atomic E-state index is 0.414. The first-order chi connectivity index (χ1) is 7.76. The zero-order chi connectivity index (χ0) is 11.4. The molecule has 0 spiro atoms. The van der Waals surface area contributed by atoms with E-state index in [2.05, 4.69) is 5.92 Å². The van der Waals surface area contributed by atoms with Gasteiger partial charge in [0.1, 0.15) is 5.60 Å². The van der Waals surface area contributed by atoms with E-state index in [4.69, 9.17) is 6.42 Å². The van der Waals surface area contributed by atoms with Crippen LogP contribution < -0.4 is 0 Å². The van der Waals surface area contributed by atoms with E-state index in [1.807, 2.05) is 0 Å². The average Bonchev–Trinajstić information content (AvgIpc) is 3.05. The first kappa shape index (κ1) is 12.0. The predicted octanol–water partition coefficient (Wildman–Crippen LogP) is 3.51. The lowest BCUT2D eigenvalue weighted by molar-refractivity contribution is 0.0591. The summed E-state index contributed by atoms with van der Waals surface area (Å²) in [6.45, 7) is 0.